The molecule has 5 N–H and O–H groups in total. The molecular weight excluding hydrogens is 338 g/mol. The van der Waals surface area contributed by atoms with E-state index >= 15 is 0 Å². The number of hydrogen-bond donors (Lipinski definition) is 3. The average Bonchev–Trinajstić information content (AvgIpc) is 3.24. The molecule has 0 bridgehead atoms. The van der Waals surface area contributed by atoms with Crippen LogP contribution in [0.1, 0.15) is 31.5 Å². The van der Waals surface area contributed by atoms with Crippen LogP contribution in [0, 0.1) is 0 Å². The standard InChI is InChI=1S/C13H17N5O5S/c14-9(19)7-16-24(20,21)10-4-3-8(22-10)11-17-12(18-23-11)13(15)5-1-2-6-13/h3-4,16H,1-2,5-7,15H2,(H2,14,19). The van der Waals surface area contributed by atoms with E-state index in [0.29, 0.717) is 5.82 Å². The van der Waals surface area contributed by atoms with E-state index in [1.54, 1.807) is 0 Å². The summed E-state index contributed by atoms with van der Waals surface area (Å²) in [5.41, 5.74) is 10.5. The van der Waals surface area contributed by atoms with Crippen LogP contribution in [0.25, 0.3) is 11.7 Å². The minimum atomic E-state index is -4.00. The van der Waals surface area contributed by atoms with Crippen LogP contribution in [0.3, 0.4) is 0 Å². The fourth-order valence-electron chi connectivity index (χ4n) is 2.57. The highest BCUT2D eigenvalue weighted by Gasteiger charge is 2.36. The summed E-state index contributed by atoms with van der Waals surface area (Å²) in [7, 11) is -4.00. The van der Waals surface area contributed by atoms with E-state index < -0.39 is 28.0 Å². The number of amides is 1. The first-order chi connectivity index (χ1) is 11.3. The molecule has 1 aliphatic rings. The molecule has 1 saturated carbocycles. The topological polar surface area (TPSA) is 167 Å². The smallest absolute Gasteiger partial charge is 0.293 e. The molecule has 1 aliphatic carbocycles. The maximum atomic E-state index is 11.9. The van der Waals surface area contributed by atoms with Crippen molar-refractivity contribution in [1.29, 1.82) is 0 Å². The molecule has 3 rings (SSSR count). The van der Waals surface area contributed by atoms with Gasteiger partial charge in [0.15, 0.2) is 11.6 Å². The lowest BCUT2D eigenvalue weighted by atomic mass is 9.99. The summed E-state index contributed by atoms with van der Waals surface area (Å²) >= 11 is 0. The molecule has 0 spiro atoms. The number of nitrogens with two attached hydrogens (primary N) is 2. The second kappa shape index (κ2) is 6.00. The van der Waals surface area contributed by atoms with Gasteiger partial charge in [0.05, 0.1) is 12.1 Å². The molecule has 0 atom stereocenters. The normalized spacial score (nSPS) is 17.2. The summed E-state index contributed by atoms with van der Waals surface area (Å²) in [6.07, 6.45) is 3.52. The zero-order chi connectivity index (χ0) is 17.4. The van der Waals surface area contributed by atoms with Crippen LogP contribution in [-0.2, 0) is 20.4 Å². The van der Waals surface area contributed by atoms with Gasteiger partial charge in [0, 0.05) is 0 Å². The van der Waals surface area contributed by atoms with Gasteiger partial charge in [-0.3, -0.25) is 4.79 Å². The minimum Gasteiger partial charge on any atom is -0.438 e. The molecule has 1 amide bonds. The highest BCUT2D eigenvalue weighted by molar-refractivity contribution is 7.89. The van der Waals surface area contributed by atoms with Gasteiger partial charge in [-0.2, -0.15) is 9.71 Å². The first kappa shape index (κ1) is 16.6. The molecule has 0 saturated heterocycles. The van der Waals surface area contributed by atoms with Crippen molar-refractivity contribution in [2.24, 2.45) is 11.5 Å². The number of primary amides is 1. The lowest BCUT2D eigenvalue weighted by Gasteiger charge is -2.17. The summed E-state index contributed by atoms with van der Waals surface area (Å²) in [4.78, 5) is 14.9. The number of furan rings is 1. The monoisotopic (exact) mass is 355 g/mol. The van der Waals surface area contributed by atoms with Gasteiger partial charge in [0.25, 0.3) is 15.9 Å². The molecule has 2 aromatic heterocycles. The van der Waals surface area contributed by atoms with E-state index in [2.05, 4.69) is 10.1 Å². The fourth-order valence-corrected chi connectivity index (χ4v) is 3.49. The number of carbonyl (C=O) groups excluding carboxylic acids is 1. The van der Waals surface area contributed by atoms with E-state index in [4.69, 9.17) is 20.4 Å². The van der Waals surface area contributed by atoms with E-state index in [1.807, 2.05) is 4.72 Å². The Labute approximate surface area is 137 Å². The lowest BCUT2D eigenvalue weighted by Crippen LogP contribution is -2.34. The second-order valence-corrected chi connectivity index (χ2v) is 7.39. The van der Waals surface area contributed by atoms with Crippen molar-refractivity contribution < 1.29 is 22.2 Å². The quantitative estimate of drug-likeness (QED) is 0.641. The Balaban J connectivity index is 1.81. The third-order valence-corrected chi connectivity index (χ3v) is 5.13. The maximum Gasteiger partial charge on any atom is 0.293 e. The van der Waals surface area contributed by atoms with Crippen molar-refractivity contribution in [3.8, 4) is 11.7 Å². The summed E-state index contributed by atoms with van der Waals surface area (Å²) in [6.45, 7) is -0.529. The molecule has 2 aromatic rings. The van der Waals surface area contributed by atoms with Crippen molar-refractivity contribution >= 4 is 15.9 Å². The van der Waals surface area contributed by atoms with E-state index in [9.17, 15) is 13.2 Å². The zero-order valence-electron chi connectivity index (χ0n) is 12.7. The Morgan fingerprint density at radius 1 is 1.33 bits per heavy atom. The highest BCUT2D eigenvalue weighted by atomic mass is 32.2. The molecule has 0 radical (unpaired) electrons. The van der Waals surface area contributed by atoms with Gasteiger partial charge in [-0.1, -0.05) is 18.0 Å². The summed E-state index contributed by atoms with van der Waals surface area (Å²) < 4.78 is 36.3. The van der Waals surface area contributed by atoms with Crippen molar-refractivity contribution in [3.05, 3.63) is 18.0 Å². The van der Waals surface area contributed by atoms with Gasteiger partial charge in [-0.05, 0) is 25.0 Å². The van der Waals surface area contributed by atoms with Gasteiger partial charge in [-0.15, -0.1) is 0 Å². The van der Waals surface area contributed by atoms with Crippen LogP contribution < -0.4 is 16.2 Å². The number of aromatic nitrogens is 2. The minimum absolute atomic E-state index is 0.0399. The number of sulfonamides is 1. The Hall–Kier alpha value is -2.24. The molecule has 0 aliphatic heterocycles. The van der Waals surface area contributed by atoms with E-state index in [1.165, 1.54) is 12.1 Å². The fraction of sp³-hybridized carbons (Fsp3) is 0.462. The van der Waals surface area contributed by atoms with Crippen molar-refractivity contribution in [1.82, 2.24) is 14.9 Å². The summed E-state index contributed by atoms with van der Waals surface area (Å²) in [6, 6.07) is 2.60. The largest absolute Gasteiger partial charge is 0.438 e. The Kier molecular flexibility index (Phi) is 4.15. The van der Waals surface area contributed by atoms with Crippen LogP contribution in [0.4, 0.5) is 0 Å². The van der Waals surface area contributed by atoms with Crippen LogP contribution >= 0.6 is 0 Å². The molecule has 10 nitrogen and oxygen atoms in total. The van der Waals surface area contributed by atoms with Gasteiger partial charge in [0.1, 0.15) is 0 Å². The van der Waals surface area contributed by atoms with Crippen LogP contribution in [0.15, 0.2) is 26.2 Å². The number of nitrogens with zero attached hydrogens (tertiary/aromatic N) is 2. The first-order valence-electron chi connectivity index (χ1n) is 7.31. The Morgan fingerprint density at radius 2 is 2.04 bits per heavy atom. The van der Waals surface area contributed by atoms with Crippen molar-refractivity contribution in [2.45, 2.75) is 36.3 Å². The third kappa shape index (κ3) is 3.18. The van der Waals surface area contributed by atoms with Crippen LogP contribution in [0.2, 0.25) is 0 Å². The molecule has 130 valence electrons. The molecular formula is C13H17N5O5S. The zero-order valence-corrected chi connectivity index (χ0v) is 13.5. The number of hydrogen-bond acceptors (Lipinski definition) is 8. The molecule has 11 heteroatoms. The van der Waals surface area contributed by atoms with Crippen LogP contribution in [-0.4, -0.2) is 31.0 Å². The molecule has 0 aromatic carbocycles. The second-order valence-electron chi connectivity index (χ2n) is 5.70. The maximum absolute atomic E-state index is 11.9. The molecule has 0 unspecified atom stereocenters. The molecule has 1 fully saturated rings. The predicted octanol–water partition coefficient (Wildman–Crippen LogP) is -0.179. The van der Waals surface area contributed by atoms with Crippen molar-refractivity contribution in [3.63, 3.8) is 0 Å². The summed E-state index contributed by atoms with van der Waals surface area (Å²) in [5, 5.41) is 3.49. The van der Waals surface area contributed by atoms with Crippen LogP contribution in [0.5, 0.6) is 0 Å². The van der Waals surface area contributed by atoms with Gasteiger partial charge in [0.2, 0.25) is 11.0 Å². The van der Waals surface area contributed by atoms with Gasteiger partial charge < -0.3 is 20.4 Å². The van der Waals surface area contributed by atoms with Gasteiger partial charge in [-0.25, -0.2) is 8.42 Å². The number of carbonyl (C=O) groups is 1. The lowest BCUT2D eigenvalue weighted by molar-refractivity contribution is -0.116. The van der Waals surface area contributed by atoms with Gasteiger partial charge >= 0.3 is 0 Å². The summed E-state index contributed by atoms with van der Waals surface area (Å²) in [5.74, 6) is -0.299. The Bertz CT molecular complexity index is 850. The predicted molar refractivity (Wildman–Crippen MR) is 80.7 cm³/mol. The Morgan fingerprint density at radius 3 is 2.71 bits per heavy atom. The average molecular weight is 355 g/mol. The molecule has 2 heterocycles. The highest BCUT2D eigenvalue weighted by Crippen LogP contribution is 2.35. The third-order valence-electron chi connectivity index (χ3n) is 3.86. The molecule has 24 heavy (non-hydrogen) atoms. The first-order valence-corrected chi connectivity index (χ1v) is 8.80. The number of nitrogens with one attached hydrogen (secondary N) is 1. The van der Waals surface area contributed by atoms with E-state index in [-0.39, 0.29) is 16.7 Å². The number of rotatable bonds is 6. The SMILES string of the molecule is NC(=O)CNS(=O)(=O)c1ccc(-c2nc(C3(N)CCCC3)no2)o1. The van der Waals surface area contributed by atoms with E-state index in [0.717, 1.165) is 25.7 Å². The van der Waals surface area contributed by atoms with Crippen molar-refractivity contribution in [2.75, 3.05) is 6.54 Å².